The molecule has 1 fully saturated rings. The van der Waals surface area contributed by atoms with E-state index in [1.54, 1.807) is 0 Å². The molecule has 3 atom stereocenters. The van der Waals surface area contributed by atoms with Crippen molar-refractivity contribution >= 4 is 17.0 Å². The van der Waals surface area contributed by atoms with Crippen molar-refractivity contribution in [1.29, 1.82) is 0 Å². The summed E-state index contributed by atoms with van der Waals surface area (Å²) in [6, 6.07) is 19.8. The minimum Gasteiger partial charge on any atom is -0.389 e. The van der Waals surface area contributed by atoms with Crippen molar-refractivity contribution in [3.05, 3.63) is 84.2 Å². The topological polar surface area (TPSA) is 108 Å². The van der Waals surface area contributed by atoms with Gasteiger partial charge < -0.3 is 20.3 Å². The molecule has 0 spiro atoms. The number of aliphatic hydroxyl groups excluding tert-OH is 1. The molecular weight excluding hydrogens is 485 g/mol. The summed E-state index contributed by atoms with van der Waals surface area (Å²) in [4.78, 5) is 11.6. The number of aromatic nitrogens is 4. The molecule has 9 heteroatoms. The summed E-state index contributed by atoms with van der Waals surface area (Å²) < 4.78 is 28.6. The zero-order valence-electron chi connectivity index (χ0n) is 21.5. The quantitative estimate of drug-likeness (QED) is 0.293. The largest absolute Gasteiger partial charge is 0.389 e. The molecule has 0 aliphatic carbocycles. The number of nitrogen functional groups attached to an aromatic ring is 1. The van der Waals surface area contributed by atoms with Crippen molar-refractivity contribution in [3.63, 3.8) is 0 Å². The second-order valence-corrected chi connectivity index (χ2v) is 10.5. The molecule has 0 amide bonds. The van der Waals surface area contributed by atoms with Crippen molar-refractivity contribution in [2.24, 2.45) is 5.41 Å². The lowest BCUT2D eigenvalue weighted by atomic mass is 9.68. The number of terminal acetylenes is 1. The molecule has 0 saturated carbocycles. The van der Waals surface area contributed by atoms with Crippen molar-refractivity contribution in [2.75, 3.05) is 12.3 Å². The fourth-order valence-electron chi connectivity index (χ4n) is 5.32. The Morgan fingerprint density at radius 1 is 1.13 bits per heavy atom. The van der Waals surface area contributed by atoms with Crippen LogP contribution in [0.1, 0.15) is 44.5 Å². The highest BCUT2D eigenvalue weighted by atomic mass is 19.1. The fraction of sp³-hybridized carbons (Fsp3) is 0.345. The molecule has 2 aromatic carbocycles. The summed E-state index contributed by atoms with van der Waals surface area (Å²) >= 11 is 0. The molecule has 3 N–H and O–H groups in total. The van der Waals surface area contributed by atoms with Crippen molar-refractivity contribution < 1.29 is 19.0 Å². The summed E-state index contributed by atoms with van der Waals surface area (Å²) in [7, 11) is 0. The van der Waals surface area contributed by atoms with Crippen LogP contribution in [0.15, 0.2) is 67.0 Å². The van der Waals surface area contributed by atoms with Crippen molar-refractivity contribution in [1.82, 2.24) is 19.5 Å². The molecule has 0 unspecified atom stereocenters. The highest BCUT2D eigenvalue weighted by Gasteiger charge is 2.53. The van der Waals surface area contributed by atoms with Gasteiger partial charge in [-0.25, -0.2) is 4.98 Å². The molecule has 0 radical (unpaired) electrons. The van der Waals surface area contributed by atoms with Gasteiger partial charge in [-0.3, -0.25) is 4.57 Å². The average molecular weight is 516 g/mol. The molecule has 1 saturated heterocycles. The van der Waals surface area contributed by atoms with Crippen LogP contribution in [0.4, 0.5) is 10.2 Å². The van der Waals surface area contributed by atoms with Gasteiger partial charge >= 0.3 is 6.08 Å². The number of aliphatic hydroxyl groups is 1. The van der Waals surface area contributed by atoms with Crippen LogP contribution in [-0.4, -0.2) is 42.9 Å². The van der Waals surface area contributed by atoms with Gasteiger partial charge in [-0.05, 0) is 16.5 Å². The van der Waals surface area contributed by atoms with Gasteiger partial charge in [0.25, 0.3) is 0 Å². The number of fused-ring (bicyclic) bond motifs is 1. The summed E-state index contributed by atoms with van der Waals surface area (Å²) in [5, 5.41) is 11.2. The van der Waals surface area contributed by atoms with Gasteiger partial charge in [0.2, 0.25) is 0 Å². The molecular formula is C29H30FN5O3. The molecule has 8 nitrogen and oxygen atoms in total. The summed E-state index contributed by atoms with van der Waals surface area (Å²) in [5.74, 6) is 2.57. The van der Waals surface area contributed by atoms with Crippen LogP contribution in [0, 0.1) is 23.8 Å². The smallest absolute Gasteiger partial charge is 0.312 e. The van der Waals surface area contributed by atoms with E-state index in [0.29, 0.717) is 0 Å². The zero-order valence-corrected chi connectivity index (χ0v) is 21.5. The van der Waals surface area contributed by atoms with E-state index in [-0.39, 0.29) is 30.0 Å². The Bertz CT molecular complexity index is 1440. The van der Waals surface area contributed by atoms with Gasteiger partial charge in [0.05, 0.1) is 12.9 Å². The highest BCUT2D eigenvalue weighted by molar-refractivity contribution is 5.81. The first-order chi connectivity index (χ1) is 18.1. The SMILES string of the molecule is C#C[C@]1(COC(c2ccccc2)(c2ccccc2)C(C)(C)C)O[C@@H](n2cnc3c(N)nc(F)nc32)C[C@@H]1O. The third-order valence-electron chi connectivity index (χ3n) is 7.21. The van der Waals surface area contributed by atoms with E-state index >= 15 is 0 Å². The van der Waals surface area contributed by atoms with E-state index in [1.807, 2.05) is 60.7 Å². The first-order valence-electron chi connectivity index (χ1n) is 12.4. The van der Waals surface area contributed by atoms with Crippen LogP contribution < -0.4 is 5.73 Å². The molecule has 1 aliphatic rings. The Morgan fingerprint density at radius 2 is 1.74 bits per heavy atom. The number of anilines is 1. The Labute approximate surface area is 220 Å². The monoisotopic (exact) mass is 515 g/mol. The average Bonchev–Trinajstić information content (AvgIpc) is 3.46. The standard InChI is InChI=1S/C29H30FN5O3/c1-5-28(21(36)16-22(38-28)35-18-32-23-24(31)33-26(30)34-25(23)35)17-37-29(27(2,3)4,19-12-8-6-9-13-19)20-14-10-7-11-15-20/h1,6-15,18,21-22,36H,16-17H2,2-4H3,(H2,31,33,34)/t21-,22+,28+/m0/s1. The van der Waals surface area contributed by atoms with Crippen molar-refractivity contribution in [3.8, 4) is 12.3 Å². The number of nitrogens with two attached hydrogens (primary N) is 1. The van der Waals surface area contributed by atoms with Gasteiger partial charge in [-0.1, -0.05) is 87.4 Å². The van der Waals surface area contributed by atoms with Crippen LogP contribution >= 0.6 is 0 Å². The molecule has 0 bridgehead atoms. The Morgan fingerprint density at radius 3 is 2.29 bits per heavy atom. The fourth-order valence-corrected chi connectivity index (χ4v) is 5.32. The molecule has 2 aromatic heterocycles. The van der Waals surface area contributed by atoms with Crippen LogP contribution in [0.2, 0.25) is 0 Å². The maximum atomic E-state index is 13.9. The van der Waals surface area contributed by atoms with E-state index in [4.69, 9.17) is 21.6 Å². The van der Waals surface area contributed by atoms with Gasteiger partial charge in [-0.15, -0.1) is 6.42 Å². The predicted molar refractivity (Wildman–Crippen MR) is 141 cm³/mol. The normalized spacial score (nSPS) is 22.0. The number of imidazole rings is 1. The first kappa shape index (κ1) is 25.8. The van der Waals surface area contributed by atoms with E-state index < -0.39 is 35.0 Å². The van der Waals surface area contributed by atoms with Gasteiger partial charge in [0.15, 0.2) is 22.6 Å². The number of hydrogen-bond acceptors (Lipinski definition) is 7. The van der Waals surface area contributed by atoms with Crippen molar-refractivity contribution in [2.45, 2.75) is 50.7 Å². The highest BCUT2D eigenvalue weighted by Crippen LogP contribution is 2.49. The molecule has 196 valence electrons. The van der Waals surface area contributed by atoms with Crippen LogP contribution in [0.5, 0.6) is 0 Å². The number of benzene rings is 2. The number of rotatable bonds is 6. The van der Waals surface area contributed by atoms with E-state index in [1.165, 1.54) is 10.9 Å². The van der Waals surface area contributed by atoms with E-state index in [2.05, 4.69) is 41.6 Å². The number of ether oxygens (including phenoxy) is 2. The number of halogens is 1. The maximum absolute atomic E-state index is 13.9. The van der Waals surface area contributed by atoms with E-state index in [9.17, 15) is 9.50 Å². The van der Waals surface area contributed by atoms with Crippen LogP contribution in [0.25, 0.3) is 11.2 Å². The number of hydrogen-bond donors (Lipinski definition) is 2. The zero-order chi connectivity index (χ0) is 27.1. The first-order valence-corrected chi connectivity index (χ1v) is 12.4. The minimum atomic E-state index is -1.49. The molecule has 38 heavy (non-hydrogen) atoms. The molecule has 4 aromatic rings. The lowest BCUT2D eigenvalue weighted by Gasteiger charge is -2.47. The van der Waals surface area contributed by atoms with Gasteiger partial charge in [-0.2, -0.15) is 14.4 Å². The summed E-state index contributed by atoms with van der Waals surface area (Å²) in [5.41, 5.74) is 5.24. The van der Waals surface area contributed by atoms with Gasteiger partial charge in [0.1, 0.15) is 17.9 Å². The minimum absolute atomic E-state index is 0.0861. The lowest BCUT2D eigenvalue weighted by molar-refractivity contribution is -0.165. The predicted octanol–water partition coefficient (Wildman–Crippen LogP) is 4.21. The Balaban J connectivity index is 1.53. The summed E-state index contributed by atoms with van der Waals surface area (Å²) in [6.45, 7) is 6.18. The van der Waals surface area contributed by atoms with E-state index in [0.717, 1.165) is 11.1 Å². The van der Waals surface area contributed by atoms with Gasteiger partial charge in [0, 0.05) is 6.42 Å². The molecule has 1 aliphatic heterocycles. The van der Waals surface area contributed by atoms with Crippen LogP contribution in [0.3, 0.4) is 0 Å². The Kier molecular flexibility index (Phi) is 6.43. The Hall–Kier alpha value is -3.84. The number of nitrogens with zero attached hydrogens (tertiary/aromatic N) is 4. The second-order valence-electron chi connectivity index (χ2n) is 10.5. The van der Waals surface area contributed by atoms with Crippen LogP contribution in [-0.2, 0) is 15.1 Å². The second kappa shape index (κ2) is 9.48. The lowest BCUT2D eigenvalue weighted by Crippen LogP contribution is -2.50. The third kappa shape index (κ3) is 4.11. The third-order valence-corrected chi connectivity index (χ3v) is 7.21. The molecule has 5 rings (SSSR count). The summed E-state index contributed by atoms with van der Waals surface area (Å²) in [6.07, 6.45) is 4.70. The molecule has 3 heterocycles. The maximum Gasteiger partial charge on any atom is 0.312 e.